The quantitative estimate of drug-likeness (QED) is 0.455. The molecule has 0 aromatic heterocycles. The van der Waals surface area contributed by atoms with Gasteiger partial charge in [0.1, 0.15) is 24.4 Å². The van der Waals surface area contributed by atoms with E-state index in [1.165, 1.54) is 6.61 Å². The minimum absolute atomic E-state index is 0.447. The molecule has 0 spiro atoms. The van der Waals surface area contributed by atoms with Crippen LogP contribution < -0.4 is 0 Å². The van der Waals surface area contributed by atoms with E-state index in [0.29, 0.717) is 6.42 Å². The van der Waals surface area contributed by atoms with Gasteiger partial charge >= 0.3 is 0 Å². The lowest BCUT2D eigenvalue weighted by atomic mass is 9.99. The molecule has 0 amide bonds. The van der Waals surface area contributed by atoms with E-state index in [0.717, 1.165) is 0 Å². The minimum atomic E-state index is -1.38. The van der Waals surface area contributed by atoms with Gasteiger partial charge in [0.05, 0.1) is 13.2 Å². The van der Waals surface area contributed by atoms with Crippen LogP contribution in [0.3, 0.4) is 0 Å². The summed E-state index contributed by atoms with van der Waals surface area (Å²) in [5.74, 6) is 0. The van der Waals surface area contributed by atoms with Crippen molar-refractivity contribution in [3.05, 3.63) is 6.61 Å². The molecule has 0 saturated carbocycles. The van der Waals surface area contributed by atoms with Crippen LogP contribution in [0, 0.1) is 6.61 Å². The first kappa shape index (κ1) is 12.8. The van der Waals surface area contributed by atoms with E-state index < -0.39 is 37.3 Å². The maximum absolute atomic E-state index is 9.49. The van der Waals surface area contributed by atoms with Gasteiger partial charge in [-0.05, 0) is 6.42 Å². The molecule has 6 heteroatoms. The first-order valence-corrected chi connectivity index (χ1v) is 4.89. The third-order valence-corrected chi connectivity index (χ3v) is 2.25. The Morgan fingerprint density at radius 3 is 2.40 bits per heavy atom. The van der Waals surface area contributed by atoms with Crippen molar-refractivity contribution in [3.63, 3.8) is 0 Å². The van der Waals surface area contributed by atoms with E-state index in [2.05, 4.69) is 0 Å². The van der Waals surface area contributed by atoms with Crippen LogP contribution in [-0.4, -0.2) is 57.7 Å². The first-order valence-electron chi connectivity index (χ1n) is 4.89. The maximum Gasteiger partial charge on any atom is 0.187 e. The molecule has 0 aromatic carbocycles. The molecule has 0 bridgehead atoms. The molecule has 0 aliphatic carbocycles. The van der Waals surface area contributed by atoms with Crippen LogP contribution in [0.1, 0.15) is 13.3 Å². The molecule has 1 fully saturated rings. The van der Waals surface area contributed by atoms with Crippen molar-refractivity contribution < 1.29 is 29.9 Å². The van der Waals surface area contributed by atoms with Gasteiger partial charge in [-0.2, -0.15) is 0 Å². The Hall–Kier alpha value is -0.240. The molecule has 89 valence electrons. The monoisotopic (exact) mass is 221 g/mol. The molecule has 1 aliphatic heterocycles. The molecule has 1 unspecified atom stereocenters. The second kappa shape index (κ2) is 5.74. The van der Waals surface area contributed by atoms with Crippen LogP contribution in [-0.2, 0) is 9.47 Å². The summed E-state index contributed by atoms with van der Waals surface area (Å²) < 4.78 is 10.1. The highest BCUT2D eigenvalue weighted by atomic mass is 16.7. The fraction of sp³-hybridized carbons (Fsp3) is 0.889. The largest absolute Gasteiger partial charge is 0.394 e. The molecule has 1 radical (unpaired) electrons. The maximum atomic E-state index is 9.49. The summed E-state index contributed by atoms with van der Waals surface area (Å²) in [4.78, 5) is 0. The fourth-order valence-corrected chi connectivity index (χ4v) is 1.37. The van der Waals surface area contributed by atoms with Crippen LogP contribution >= 0.6 is 0 Å². The predicted octanol–water partition coefficient (Wildman–Crippen LogP) is -1.63. The van der Waals surface area contributed by atoms with Gasteiger partial charge in [0.15, 0.2) is 6.29 Å². The van der Waals surface area contributed by atoms with Crippen molar-refractivity contribution in [1.29, 1.82) is 0 Å². The molecular formula is C9H17O6. The standard InChI is InChI=1S/C9H17O6/c1-2-3-14-9-8(13)7(12)6(11)5(4-10)15-9/h3,5-13H,2,4H2,1H3/t5-,6-,7+,8-,9?/m1/s1. The van der Waals surface area contributed by atoms with Crippen LogP contribution in [0.15, 0.2) is 0 Å². The third-order valence-electron chi connectivity index (χ3n) is 2.25. The lowest BCUT2D eigenvalue weighted by Crippen LogP contribution is -2.59. The van der Waals surface area contributed by atoms with Gasteiger partial charge in [0.2, 0.25) is 0 Å². The van der Waals surface area contributed by atoms with Crippen molar-refractivity contribution >= 4 is 0 Å². The van der Waals surface area contributed by atoms with Gasteiger partial charge in [-0.3, -0.25) is 0 Å². The van der Waals surface area contributed by atoms with Crippen LogP contribution in [0.2, 0.25) is 0 Å². The summed E-state index contributed by atoms with van der Waals surface area (Å²) in [7, 11) is 0. The average molecular weight is 221 g/mol. The molecule has 1 rings (SSSR count). The van der Waals surface area contributed by atoms with Gasteiger partial charge in [0, 0.05) is 0 Å². The van der Waals surface area contributed by atoms with Gasteiger partial charge < -0.3 is 29.9 Å². The van der Waals surface area contributed by atoms with Gasteiger partial charge in [-0.1, -0.05) is 6.92 Å². The van der Waals surface area contributed by atoms with Crippen LogP contribution in [0.4, 0.5) is 0 Å². The number of aliphatic hydroxyl groups is 4. The van der Waals surface area contributed by atoms with Crippen LogP contribution in [0.25, 0.3) is 0 Å². The Bertz CT molecular complexity index is 185. The molecule has 5 atom stereocenters. The highest BCUT2D eigenvalue weighted by molar-refractivity contribution is 4.89. The Labute approximate surface area is 88.1 Å². The number of hydrogen-bond acceptors (Lipinski definition) is 6. The zero-order valence-corrected chi connectivity index (χ0v) is 8.48. The lowest BCUT2D eigenvalue weighted by Gasteiger charge is -2.39. The summed E-state index contributed by atoms with van der Waals surface area (Å²) in [6.07, 6.45) is -5.41. The SMILES string of the molecule is CC[CH]OC1O[C@H](CO)[C@@H](O)[C@H](O)[C@H]1O. The Kier molecular flexibility index (Phi) is 4.91. The van der Waals surface area contributed by atoms with E-state index in [-0.39, 0.29) is 0 Å². The van der Waals surface area contributed by atoms with Crippen LogP contribution in [0.5, 0.6) is 0 Å². The summed E-state index contributed by atoms with van der Waals surface area (Å²) in [5.41, 5.74) is 0. The summed E-state index contributed by atoms with van der Waals surface area (Å²) >= 11 is 0. The van der Waals surface area contributed by atoms with Crippen molar-refractivity contribution in [3.8, 4) is 0 Å². The van der Waals surface area contributed by atoms with Gasteiger partial charge in [-0.25, -0.2) is 0 Å². The molecule has 4 N–H and O–H groups in total. The van der Waals surface area contributed by atoms with E-state index in [1.807, 2.05) is 6.92 Å². The third kappa shape index (κ3) is 2.87. The van der Waals surface area contributed by atoms with E-state index >= 15 is 0 Å². The molecule has 6 nitrogen and oxygen atoms in total. The number of hydrogen-bond donors (Lipinski definition) is 4. The second-order valence-corrected chi connectivity index (χ2v) is 3.41. The lowest BCUT2D eigenvalue weighted by molar-refractivity contribution is -0.293. The summed E-state index contributed by atoms with van der Waals surface area (Å²) in [6, 6.07) is 0. The second-order valence-electron chi connectivity index (χ2n) is 3.41. The fourth-order valence-electron chi connectivity index (χ4n) is 1.37. The summed E-state index contributed by atoms with van der Waals surface area (Å²) in [6.45, 7) is 2.81. The molecular weight excluding hydrogens is 204 g/mol. The van der Waals surface area contributed by atoms with Crippen molar-refractivity contribution in [2.75, 3.05) is 6.61 Å². The smallest absolute Gasteiger partial charge is 0.187 e. The average Bonchev–Trinajstić information content (AvgIpc) is 2.25. The zero-order valence-electron chi connectivity index (χ0n) is 8.48. The van der Waals surface area contributed by atoms with Gasteiger partial charge in [-0.15, -0.1) is 0 Å². The number of aliphatic hydroxyl groups excluding tert-OH is 4. The topological polar surface area (TPSA) is 99.4 Å². The summed E-state index contributed by atoms with van der Waals surface area (Å²) in [5, 5.41) is 37.2. The van der Waals surface area contributed by atoms with Gasteiger partial charge in [0.25, 0.3) is 0 Å². The van der Waals surface area contributed by atoms with Crippen molar-refractivity contribution in [1.82, 2.24) is 0 Å². The minimum Gasteiger partial charge on any atom is -0.394 e. The molecule has 0 aromatic rings. The molecule has 1 aliphatic rings. The normalized spacial score (nSPS) is 41.8. The zero-order chi connectivity index (χ0) is 11.4. The molecule has 1 heterocycles. The van der Waals surface area contributed by atoms with Crippen molar-refractivity contribution in [2.45, 2.75) is 44.1 Å². The molecule has 15 heavy (non-hydrogen) atoms. The Morgan fingerprint density at radius 1 is 1.20 bits per heavy atom. The highest BCUT2D eigenvalue weighted by Gasteiger charge is 2.43. The first-order chi connectivity index (χ1) is 7.11. The molecule has 1 saturated heterocycles. The van der Waals surface area contributed by atoms with E-state index in [1.54, 1.807) is 0 Å². The number of ether oxygens (including phenoxy) is 2. The Balaban J connectivity index is 2.57. The van der Waals surface area contributed by atoms with Crippen molar-refractivity contribution in [2.24, 2.45) is 0 Å². The highest BCUT2D eigenvalue weighted by Crippen LogP contribution is 2.22. The predicted molar refractivity (Wildman–Crippen MR) is 49.4 cm³/mol. The van der Waals surface area contributed by atoms with E-state index in [4.69, 9.17) is 14.6 Å². The van der Waals surface area contributed by atoms with E-state index in [9.17, 15) is 15.3 Å². The Morgan fingerprint density at radius 2 is 1.87 bits per heavy atom. The number of rotatable bonds is 4.